The van der Waals surface area contributed by atoms with E-state index in [2.05, 4.69) is 10.1 Å². The average Bonchev–Trinajstić information content (AvgIpc) is 2.10. The predicted molar refractivity (Wildman–Crippen MR) is 44.4 cm³/mol. The Bertz CT molecular complexity index is 70.7. The molecule has 1 heterocycles. The Kier molecular flexibility index (Phi) is 8.94. The SMILES string of the molecule is C1CCNCC1.CCOC=O. The smallest absolute Gasteiger partial charge is 0.293 e. The second-order valence-corrected chi connectivity index (χ2v) is 2.36. The number of hydrogen-bond acceptors (Lipinski definition) is 3. The van der Waals surface area contributed by atoms with Crippen LogP contribution in [0.5, 0.6) is 0 Å². The molecule has 0 aliphatic carbocycles. The summed E-state index contributed by atoms with van der Waals surface area (Å²) >= 11 is 0. The molecule has 0 atom stereocenters. The highest BCUT2D eigenvalue weighted by Crippen LogP contribution is 1.96. The molecule has 0 aromatic heterocycles. The van der Waals surface area contributed by atoms with Crippen molar-refractivity contribution in [3.63, 3.8) is 0 Å². The minimum atomic E-state index is 0.431. The van der Waals surface area contributed by atoms with Gasteiger partial charge in [0, 0.05) is 0 Å². The van der Waals surface area contributed by atoms with Crippen LogP contribution in [-0.2, 0) is 9.53 Å². The number of rotatable bonds is 2. The molecule has 1 rings (SSSR count). The normalized spacial score (nSPS) is 16.1. The molecule has 1 aliphatic rings. The molecule has 3 nitrogen and oxygen atoms in total. The van der Waals surface area contributed by atoms with Gasteiger partial charge in [-0.1, -0.05) is 6.42 Å². The molecule has 1 fully saturated rings. The Morgan fingerprint density at radius 3 is 2.09 bits per heavy atom. The molecule has 0 radical (unpaired) electrons. The molecule has 0 unspecified atom stereocenters. The number of ether oxygens (including phenoxy) is 1. The summed E-state index contributed by atoms with van der Waals surface area (Å²) in [5, 5.41) is 3.28. The monoisotopic (exact) mass is 159 g/mol. The molecule has 0 spiro atoms. The van der Waals surface area contributed by atoms with E-state index in [1.807, 2.05) is 0 Å². The van der Waals surface area contributed by atoms with Crippen molar-refractivity contribution in [1.82, 2.24) is 5.32 Å². The first-order valence-corrected chi connectivity index (χ1v) is 4.17. The number of carbonyl (C=O) groups excluding carboxylic acids is 1. The van der Waals surface area contributed by atoms with E-state index in [9.17, 15) is 4.79 Å². The Hall–Kier alpha value is -0.570. The standard InChI is InChI=1S/C5H11N.C3H6O2/c1-2-4-6-5-3-1;1-2-5-3-4/h6H,1-5H2;3H,2H2,1H3. The van der Waals surface area contributed by atoms with Crippen molar-refractivity contribution in [2.75, 3.05) is 19.7 Å². The fourth-order valence-corrected chi connectivity index (χ4v) is 0.870. The molecule has 0 amide bonds. The molecular formula is C8H17NO2. The molecule has 1 N–H and O–H groups in total. The molecule has 1 aliphatic heterocycles. The highest BCUT2D eigenvalue weighted by atomic mass is 16.5. The van der Waals surface area contributed by atoms with Crippen LogP contribution in [0.2, 0.25) is 0 Å². The fraction of sp³-hybridized carbons (Fsp3) is 0.875. The van der Waals surface area contributed by atoms with Gasteiger partial charge in [-0.05, 0) is 32.9 Å². The van der Waals surface area contributed by atoms with Gasteiger partial charge in [-0.3, -0.25) is 4.79 Å². The van der Waals surface area contributed by atoms with E-state index in [-0.39, 0.29) is 0 Å². The summed E-state index contributed by atoms with van der Waals surface area (Å²) in [7, 11) is 0. The van der Waals surface area contributed by atoms with Gasteiger partial charge >= 0.3 is 0 Å². The lowest BCUT2D eigenvalue weighted by molar-refractivity contribution is -0.128. The molecule has 1 saturated heterocycles. The van der Waals surface area contributed by atoms with Crippen molar-refractivity contribution < 1.29 is 9.53 Å². The quantitative estimate of drug-likeness (QED) is 0.609. The molecule has 3 heteroatoms. The minimum Gasteiger partial charge on any atom is -0.468 e. The first-order valence-electron chi connectivity index (χ1n) is 4.17. The van der Waals surface area contributed by atoms with Gasteiger partial charge in [-0.15, -0.1) is 0 Å². The molecular weight excluding hydrogens is 142 g/mol. The first-order chi connectivity index (χ1) is 5.41. The van der Waals surface area contributed by atoms with E-state index in [0.29, 0.717) is 13.1 Å². The van der Waals surface area contributed by atoms with Crippen LogP contribution in [0.1, 0.15) is 26.2 Å². The third kappa shape index (κ3) is 9.43. The van der Waals surface area contributed by atoms with Crippen molar-refractivity contribution in [3.05, 3.63) is 0 Å². The van der Waals surface area contributed by atoms with E-state index >= 15 is 0 Å². The van der Waals surface area contributed by atoms with Gasteiger partial charge < -0.3 is 10.1 Å². The average molecular weight is 159 g/mol. The Labute approximate surface area is 68.1 Å². The summed E-state index contributed by atoms with van der Waals surface area (Å²) in [4.78, 5) is 9.18. The lowest BCUT2D eigenvalue weighted by atomic mass is 10.2. The molecule has 0 saturated carbocycles. The van der Waals surface area contributed by atoms with Gasteiger partial charge in [-0.2, -0.15) is 0 Å². The maximum absolute atomic E-state index is 9.18. The van der Waals surface area contributed by atoms with Gasteiger partial charge in [-0.25, -0.2) is 0 Å². The fourth-order valence-electron chi connectivity index (χ4n) is 0.870. The van der Waals surface area contributed by atoms with Crippen LogP contribution in [0.25, 0.3) is 0 Å². The van der Waals surface area contributed by atoms with Crippen LogP contribution >= 0.6 is 0 Å². The van der Waals surface area contributed by atoms with Crippen LogP contribution in [-0.4, -0.2) is 26.2 Å². The van der Waals surface area contributed by atoms with Crippen molar-refractivity contribution in [2.45, 2.75) is 26.2 Å². The highest BCUT2D eigenvalue weighted by molar-refractivity contribution is 5.36. The van der Waals surface area contributed by atoms with Gasteiger partial charge in [0.15, 0.2) is 0 Å². The summed E-state index contributed by atoms with van der Waals surface area (Å²) in [6, 6.07) is 0. The molecule has 66 valence electrons. The maximum atomic E-state index is 9.18. The zero-order valence-corrected chi connectivity index (χ0v) is 7.14. The third-order valence-electron chi connectivity index (χ3n) is 1.44. The van der Waals surface area contributed by atoms with Crippen LogP contribution in [0, 0.1) is 0 Å². The van der Waals surface area contributed by atoms with Crippen molar-refractivity contribution in [2.24, 2.45) is 0 Å². The van der Waals surface area contributed by atoms with Crippen molar-refractivity contribution >= 4 is 6.47 Å². The second-order valence-electron chi connectivity index (χ2n) is 2.36. The number of carbonyl (C=O) groups is 1. The molecule has 11 heavy (non-hydrogen) atoms. The summed E-state index contributed by atoms with van der Waals surface area (Å²) in [5.74, 6) is 0. The van der Waals surface area contributed by atoms with Gasteiger partial charge in [0.2, 0.25) is 0 Å². The highest BCUT2D eigenvalue weighted by Gasteiger charge is 1.93. The summed E-state index contributed by atoms with van der Waals surface area (Å²) < 4.78 is 4.15. The van der Waals surface area contributed by atoms with Crippen molar-refractivity contribution in [3.8, 4) is 0 Å². The van der Waals surface area contributed by atoms with Crippen LogP contribution in [0.3, 0.4) is 0 Å². The lowest BCUT2D eigenvalue weighted by Gasteiger charge is -2.08. The van der Waals surface area contributed by atoms with Crippen LogP contribution < -0.4 is 5.32 Å². The molecule has 0 aromatic rings. The van der Waals surface area contributed by atoms with E-state index in [1.165, 1.54) is 32.4 Å². The minimum absolute atomic E-state index is 0.431. The van der Waals surface area contributed by atoms with E-state index in [0.717, 1.165) is 0 Å². The lowest BCUT2D eigenvalue weighted by Crippen LogP contribution is -2.21. The topological polar surface area (TPSA) is 38.3 Å². The zero-order chi connectivity index (χ0) is 8.36. The summed E-state index contributed by atoms with van der Waals surface area (Å²) in [6.07, 6.45) is 4.22. The number of nitrogens with one attached hydrogen (secondary N) is 1. The number of piperidine rings is 1. The van der Waals surface area contributed by atoms with Crippen LogP contribution in [0.4, 0.5) is 0 Å². The predicted octanol–water partition coefficient (Wildman–Crippen LogP) is 0.939. The Balaban J connectivity index is 0.000000187. The zero-order valence-electron chi connectivity index (χ0n) is 7.14. The Morgan fingerprint density at radius 1 is 1.36 bits per heavy atom. The second kappa shape index (κ2) is 9.43. The maximum Gasteiger partial charge on any atom is 0.293 e. The Morgan fingerprint density at radius 2 is 2.00 bits per heavy atom. The van der Waals surface area contributed by atoms with Gasteiger partial charge in [0.25, 0.3) is 6.47 Å². The van der Waals surface area contributed by atoms with E-state index < -0.39 is 0 Å². The summed E-state index contributed by atoms with van der Waals surface area (Å²) in [5.41, 5.74) is 0. The third-order valence-corrected chi connectivity index (χ3v) is 1.44. The molecule has 0 aromatic carbocycles. The van der Waals surface area contributed by atoms with Crippen molar-refractivity contribution in [1.29, 1.82) is 0 Å². The number of hydrogen-bond donors (Lipinski definition) is 1. The van der Waals surface area contributed by atoms with Crippen LogP contribution in [0.15, 0.2) is 0 Å². The largest absolute Gasteiger partial charge is 0.468 e. The van der Waals surface area contributed by atoms with Gasteiger partial charge in [0.05, 0.1) is 6.61 Å². The van der Waals surface area contributed by atoms with E-state index in [1.54, 1.807) is 6.92 Å². The summed E-state index contributed by atoms with van der Waals surface area (Å²) in [6.45, 7) is 5.16. The molecule has 0 bridgehead atoms. The van der Waals surface area contributed by atoms with Gasteiger partial charge in [0.1, 0.15) is 0 Å². The first kappa shape index (κ1) is 10.4. The van der Waals surface area contributed by atoms with E-state index in [4.69, 9.17) is 0 Å².